The number of rotatable bonds is 4. The number of carboxylic acid groups (broad SMARTS) is 1. The predicted octanol–water partition coefficient (Wildman–Crippen LogP) is 2.19. The monoisotopic (exact) mass is 448 g/mol. The van der Waals surface area contributed by atoms with Gasteiger partial charge in [0.05, 0.1) is 36.1 Å². The van der Waals surface area contributed by atoms with Gasteiger partial charge < -0.3 is 24.3 Å². The normalized spacial score (nSPS) is 18.7. The van der Waals surface area contributed by atoms with Crippen molar-refractivity contribution in [1.29, 1.82) is 0 Å². The zero-order chi connectivity index (χ0) is 23.5. The number of ether oxygens (including phenoxy) is 2. The second kappa shape index (κ2) is 7.28. The first kappa shape index (κ1) is 20.9. The Morgan fingerprint density at radius 1 is 1.33 bits per heavy atom. The molecule has 9 heteroatoms. The summed E-state index contributed by atoms with van der Waals surface area (Å²) < 4.78 is 12.2. The maximum Gasteiger partial charge on any atom is 0.343 e. The highest BCUT2D eigenvalue weighted by molar-refractivity contribution is 5.94. The highest BCUT2D eigenvalue weighted by atomic mass is 16.6. The van der Waals surface area contributed by atoms with Crippen molar-refractivity contribution in [2.75, 3.05) is 7.11 Å². The average Bonchev–Trinajstić information content (AvgIpc) is 3.16. The summed E-state index contributed by atoms with van der Waals surface area (Å²) in [6.07, 6.45) is 2.55. The van der Waals surface area contributed by atoms with Crippen LogP contribution in [-0.2, 0) is 33.1 Å². The van der Waals surface area contributed by atoms with Crippen molar-refractivity contribution in [3.63, 3.8) is 0 Å². The number of hydrogen-bond donors (Lipinski definition) is 2. The van der Waals surface area contributed by atoms with E-state index in [1.165, 1.54) is 13.2 Å². The minimum atomic E-state index is -1.88. The molecule has 9 nitrogen and oxygen atoms in total. The van der Waals surface area contributed by atoms with Crippen LogP contribution in [0, 0.1) is 0 Å². The second-order valence-electron chi connectivity index (χ2n) is 8.03. The van der Waals surface area contributed by atoms with E-state index in [9.17, 15) is 19.5 Å². The second-order valence-corrected chi connectivity index (χ2v) is 8.03. The Labute approximate surface area is 187 Å². The van der Waals surface area contributed by atoms with Gasteiger partial charge in [0.1, 0.15) is 12.4 Å². The Morgan fingerprint density at radius 3 is 2.82 bits per heavy atom. The molecular weight excluding hydrogens is 428 g/mol. The Balaban J connectivity index is 1.72. The average molecular weight is 448 g/mol. The molecule has 2 aliphatic rings. The van der Waals surface area contributed by atoms with Gasteiger partial charge in [0.15, 0.2) is 5.60 Å². The van der Waals surface area contributed by atoms with E-state index in [-0.39, 0.29) is 36.3 Å². The number of aliphatic carboxylic acids is 1. The van der Waals surface area contributed by atoms with E-state index in [0.717, 1.165) is 11.6 Å². The predicted molar refractivity (Wildman–Crippen MR) is 118 cm³/mol. The molecule has 2 aromatic heterocycles. The lowest BCUT2D eigenvalue weighted by atomic mass is 9.86. The Hall–Kier alpha value is -3.98. The van der Waals surface area contributed by atoms with Crippen LogP contribution in [0.25, 0.3) is 28.4 Å². The molecular formula is C24H20N2O7. The van der Waals surface area contributed by atoms with Crippen LogP contribution < -0.4 is 10.3 Å². The highest BCUT2D eigenvalue weighted by Crippen LogP contribution is 2.40. The van der Waals surface area contributed by atoms with Crippen molar-refractivity contribution in [2.24, 2.45) is 0 Å². The summed E-state index contributed by atoms with van der Waals surface area (Å²) in [5.74, 6) is -1.36. The van der Waals surface area contributed by atoms with Gasteiger partial charge in [-0.15, -0.1) is 0 Å². The van der Waals surface area contributed by atoms with E-state index in [1.807, 2.05) is 6.07 Å². The molecule has 0 fully saturated rings. The van der Waals surface area contributed by atoms with Gasteiger partial charge in [-0.1, -0.05) is 6.92 Å². The van der Waals surface area contributed by atoms with Crippen molar-refractivity contribution in [2.45, 2.75) is 32.1 Å². The van der Waals surface area contributed by atoms with Gasteiger partial charge in [0, 0.05) is 28.2 Å². The molecule has 0 saturated heterocycles. The van der Waals surface area contributed by atoms with Gasteiger partial charge in [-0.05, 0) is 36.8 Å². The van der Waals surface area contributed by atoms with Gasteiger partial charge >= 0.3 is 11.9 Å². The molecule has 0 spiro atoms. The number of benzene rings is 1. The van der Waals surface area contributed by atoms with Crippen LogP contribution in [0.3, 0.4) is 0 Å². The Bertz CT molecular complexity index is 1450. The summed E-state index contributed by atoms with van der Waals surface area (Å²) >= 11 is 0. The fourth-order valence-electron chi connectivity index (χ4n) is 4.56. The Kier molecular flexibility index (Phi) is 4.61. The van der Waals surface area contributed by atoms with Crippen LogP contribution in [0.15, 0.2) is 35.1 Å². The minimum absolute atomic E-state index is 0.0730. The molecule has 0 aliphatic carbocycles. The molecule has 0 unspecified atom stereocenters. The van der Waals surface area contributed by atoms with Crippen molar-refractivity contribution >= 4 is 28.9 Å². The molecule has 4 heterocycles. The summed E-state index contributed by atoms with van der Waals surface area (Å²) in [5.41, 5.74) is 1.37. The fourth-order valence-corrected chi connectivity index (χ4v) is 4.56. The maximum absolute atomic E-state index is 13.2. The summed E-state index contributed by atoms with van der Waals surface area (Å²) in [7, 11) is 1.50. The third-order valence-electron chi connectivity index (χ3n) is 6.28. The number of hydrogen-bond acceptors (Lipinski definition) is 7. The lowest BCUT2D eigenvalue weighted by molar-refractivity contribution is -0.172. The number of carbonyl (C=O) groups is 2. The molecule has 0 amide bonds. The molecule has 3 aromatic rings. The summed E-state index contributed by atoms with van der Waals surface area (Å²) in [4.78, 5) is 41.2. The summed E-state index contributed by atoms with van der Waals surface area (Å²) in [6, 6.07) is 6.99. The Morgan fingerprint density at radius 2 is 2.12 bits per heavy atom. The first-order chi connectivity index (χ1) is 15.8. The van der Waals surface area contributed by atoms with Gasteiger partial charge in [-0.3, -0.25) is 4.79 Å². The highest BCUT2D eigenvalue weighted by Gasteiger charge is 2.45. The van der Waals surface area contributed by atoms with Gasteiger partial charge in [-0.25, -0.2) is 14.6 Å². The number of cyclic esters (lactones) is 1. The number of pyridine rings is 2. The van der Waals surface area contributed by atoms with E-state index in [1.54, 1.807) is 29.7 Å². The summed E-state index contributed by atoms with van der Waals surface area (Å²) in [5, 5.41) is 20.6. The van der Waals surface area contributed by atoms with Crippen LogP contribution in [-0.4, -0.2) is 38.8 Å². The quantitative estimate of drug-likeness (QED) is 0.359. The number of nitrogens with zero attached hydrogens (tertiary/aromatic N) is 2. The number of fused-ring (bicyclic) bond motifs is 5. The number of aliphatic hydroxyl groups is 1. The van der Waals surface area contributed by atoms with Gasteiger partial charge in [0.25, 0.3) is 5.56 Å². The molecule has 2 aliphatic heterocycles. The number of methoxy groups -OCH3 is 1. The van der Waals surface area contributed by atoms with Crippen molar-refractivity contribution in [3.8, 4) is 17.1 Å². The zero-order valence-corrected chi connectivity index (χ0v) is 17.9. The minimum Gasteiger partial charge on any atom is -0.495 e. The van der Waals surface area contributed by atoms with Crippen molar-refractivity contribution in [1.82, 2.24) is 9.55 Å². The first-order valence-corrected chi connectivity index (χ1v) is 10.4. The fraction of sp³-hybridized carbons (Fsp3) is 0.250. The molecule has 33 heavy (non-hydrogen) atoms. The summed E-state index contributed by atoms with van der Waals surface area (Å²) in [6.45, 7) is 1.73. The molecule has 168 valence electrons. The molecule has 1 aromatic carbocycles. The van der Waals surface area contributed by atoms with Crippen molar-refractivity contribution in [3.05, 3.63) is 62.9 Å². The van der Waals surface area contributed by atoms with Crippen LogP contribution in [0.4, 0.5) is 0 Å². The van der Waals surface area contributed by atoms with E-state index < -0.39 is 17.5 Å². The number of carbonyl (C=O) groups excluding carboxylic acids is 1. The van der Waals surface area contributed by atoms with E-state index in [0.29, 0.717) is 33.6 Å². The van der Waals surface area contributed by atoms with Crippen molar-refractivity contribution < 1.29 is 29.3 Å². The smallest absolute Gasteiger partial charge is 0.343 e. The molecule has 5 rings (SSSR count). The van der Waals surface area contributed by atoms with Crippen LogP contribution >= 0.6 is 0 Å². The van der Waals surface area contributed by atoms with Crippen LogP contribution in [0.1, 0.15) is 35.6 Å². The molecule has 0 saturated carbocycles. The SMILES string of the molecule is CC[C@@]1(O)C(=O)OCc2c1cc1n(c2=O)Cc2cc3c(OC)c(/C=C/C(=O)O)ccc3nc2-1. The largest absolute Gasteiger partial charge is 0.495 e. The topological polar surface area (TPSA) is 128 Å². The molecule has 0 radical (unpaired) electrons. The van der Waals surface area contributed by atoms with E-state index in [4.69, 9.17) is 19.6 Å². The standard InChI is InChI=1S/C24H20N2O7/c1-3-24(31)16-9-18-20-13(10-26(18)22(29)15(16)11-33-23(24)30)8-14-17(25-20)6-4-12(21(14)32-2)5-7-19(27)28/h4-9,31H,3,10-11H2,1-2H3,(H,27,28)/b7-5+/t24-/m0/s1. The number of esters is 1. The van der Waals surface area contributed by atoms with E-state index >= 15 is 0 Å². The number of aromatic nitrogens is 2. The third-order valence-corrected chi connectivity index (χ3v) is 6.28. The number of carboxylic acids is 1. The first-order valence-electron chi connectivity index (χ1n) is 10.4. The van der Waals surface area contributed by atoms with E-state index in [2.05, 4.69) is 0 Å². The molecule has 1 atom stereocenters. The van der Waals surface area contributed by atoms with Crippen LogP contribution in [0.2, 0.25) is 0 Å². The molecule has 2 N–H and O–H groups in total. The lowest BCUT2D eigenvalue weighted by Gasteiger charge is -2.31. The maximum atomic E-state index is 13.2. The van der Waals surface area contributed by atoms with Gasteiger partial charge in [0.2, 0.25) is 0 Å². The lowest BCUT2D eigenvalue weighted by Crippen LogP contribution is -2.44. The zero-order valence-electron chi connectivity index (χ0n) is 17.9. The van der Waals surface area contributed by atoms with Crippen LogP contribution in [0.5, 0.6) is 5.75 Å². The third kappa shape index (κ3) is 2.96. The molecule has 0 bridgehead atoms. The van der Waals surface area contributed by atoms with Gasteiger partial charge in [-0.2, -0.15) is 0 Å².